The Morgan fingerprint density at radius 3 is 2.84 bits per heavy atom. The van der Waals surface area contributed by atoms with Crippen LogP contribution < -0.4 is 5.32 Å². The van der Waals surface area contributed by atoms with Crippen molar-refractivity contribution < 1.29 is 24.4 Å². The van der Waals surface area contributed by atoms with Crippen LogP contribution in [0.5, 0.6) is 0 Å². The number of aliphatic hydroxyl groups is 2. The fraction of sp³-hybridized carbons (Fsp3) is 0.684. The molecular formula is C19H26N6O5S. The zero-order valence-electron chi connectivity index (χ0n) is 17.0. The lowest BCUT2D eigenvalue weighted by Crippen LogP contribution is -2.36. The molecule has 0 amide bonds. The molecule has 3 aliphatic rings. The summed E-state index contributed by atoms with van der Waals surface area (Å²) in [4.78, 5) is 15.0. The lowest BCUT2D eigenvalue weighted by atomic mass is 10.1. The Morgan fingerprint density at radius 1 is 1.23 bits per heavy atom. The predicted molar refractivity (Wildman–Crippen MR) is 113 cm³/mol. The number of ether oxygens (including phenoxy) is 3. The first-order chi connectivity index (χ1) is 15.1. The molecule has 0 bridgehead atoms. The van der Waals surface area contributed by atoms with E-state index in [1.807, 2.05) is 4.90 Å². The maximum Gasteiger partial charge on any atom is 0.259 e. The highest BCUT2D eigenvalue weighted by molar-refractivity contribution is 7.80. The molecule has 5 unspecified atom stereocenters. The molecule has 3 saturated heterocycles. The first-order valence-corrected chi connectivity index (χ1v) is 11.0. The molecule has 2 aromatic rings. The number of anilines is 1. The van der Waals surface area contributed by atoms with Gasteiger partial charge >= 0.3 is 0 Å². The van der Waals surface area contributed by atoms with E-state index < -0.39 is 24.5 Å². The van der Waals surface area contributed by atoms with Crippen molar-refractivity contribution in [2.75, 3.05) is 38.2 Å². The van der Waals surface area contributed by atoms with E-state index >= 15 is 0 Å². The number of nitrogens with one attached hydrogen (secondary N) is 1. The fourth-order valence-corrected chi connectivity index (χ4v) is 4.48. The van der Waals surface area contributed by atoms with Crippen LogP contribution in [0.2, 0.25) is 0 Å². The van der Waals surface area contributed by atoms with E-state index in [0.717, 1.165) is 32.4 Å². The molecule has 3 aliphatic heterocycles. The molecule has 5 atom stereocenters. The number of rotatable bonds is 5. The summed E-state index contributed by atoms with van der Waals surface area (Å²) in [6.07, 6.45) is 2.17. The maximum atomic E-state index is 10.6. The van der Waals surface area contributed by atoms with Crippen LogP contribution in [-0.4, -0.2) is 97.1 Å². The topological polar surface area (TPSA) is 127 Å². The number of fused-ring (bicyclic) bond motifs is 1. The van der Waals surface area contributed by atoms with Gasteiger partial charge in [-0.1, -0.05) is 0 Å². The Balaban J connectivity index is 1.29. The summed E-state index contributed by atoms with van der Waals surface area (Å²) in [7, 11) is 0. The molecule has 5 heterocycles. The molecule has 3 fully saturated rings. The summed E-state index contributed by atoms with van der Waals surface area (Å²) in [6, 6.07) is 0.166. The van der Waals surface area contributed by atoms with Crippen molar-refractivity contribution in [2.45, 2.75) is 49.8 Å². The summed E-state index contributed by atoms with van der Waals surface area (Å²) < 4.78 is 18.6. The number of aromatic nitrogens is 4. The molecule has 0 saturated carbocycles. The third-order valence-electron chi connectivity index (χ3n) is 5.98. The second-order valence-corrected chi connectivity index (χ2v) is 8.42. The Hall–Kier alpha value is -2.12. The minimum absolute atomic E-state index is 0.0557. The minimum Gasteiger partial charge on any atom is -0.468 e. The van der Waals surface area contributed by atoms with Gasteiger partial charge < -0.3 is 34.6 Å². The normalized spacial score (nSPS) is 30.9. The molecule has 3 N–H and O–H groups in total. The molecule has 0 spiro atoms. The number of aliphatic hydroxyl groups excluding tert-OH is 2. The Morgan fingerprint density at radius 2 is 2.06 bits per heavy atom. The quantitative estimate of drug-likeness (QED) is 0.535. The number of hydrogen-bond donors (Lipinski definition) is 3. The first kappa shape index (κ1) is 20.8. The monoisotopic (exact) mass is 450 g/mol. The fourth-order valence-electron chi connectivity index (χ4n) is 4.23. The molecule has 31 heavy (non-hydrogen) atoms. The third kappa shape index (κ3) is 4.05. The van der Waals surface area contributed by atoms with Crippen molar-refractivity contribution >= 4 is 34.4 Å². The first-order valence-electron chi connectivity index (χ1n) is 10.6. The lowest BCUT2D eigenvalue weighted by molar-refractivity contribution is -0.0501. The van der Waals surface area contributed by atoms with Gasteiger partial charge in [0.05, 0.1) is 19.0 Å². The van der Waals surface area contributed by atoms with Crippen molar-refractivity contribution in [1.29, 1.82) is 0 Å². The van der Waals surface area contributed by atoms with Crippen molar-refractivity contribution in [2.24, 2.45) is 0 Å². The third-order valence-corrected chi connectivity index (χ3v) is 6.35. The Bertz CT molecular complexity index is 932. The zero-order chi connectivity index (χ0) is 21.4. The summed E-state index contributed by atoms with van der Waals surface area (Å²) in [5.41, 5.74) is 1.07. The Labute approximate surface area is 184 Å². The van der Waals surface area contributed by atoms with Crippen LogP contribution in [0.15, 0.2) is 12.7 Å². The molecule has 11 nitrogen and oxygen atoms in total. The average Bonchev–Trinajstić information content (AvgIpc) is 3.56. The Kier molecular flexibility index (Phi) is 5.89. The smallest absolute Gasteiger partial charge is 0.259 e. The van der Waals surface area contributed by atoms with Gasteiger partial charge in [-0.25, -0.2) is 15.0 Å². The highest BCUT2D eigenvalue weighted by atomic mass is 32.1. The second kappa shape index (κ2) is 8.79. The van der Waals surface area contributed by atoms with Gasteiger partial charge in [-0.15, -0.1) is 0 Å². The summed E-state index contributed by atoms with van der Waals surface area (Å²) in [5, 5.41) is 24.9. The number of likely N-dealkylation sites (tertiary alicyclic amines) is 1. The maximum absolute atomic E-state index is 10.6. The van der Waals surface area contributed by atoms with E-state index in [0.29, 0.717) is 35.4 Å². The second-order valence-electron chi connectivity index (χ2n) is 8.07. The molecule has 0 radical (unpaired) electrons. The highest BCUT2D eigenvalue weighted by Crippen LogP contribution is 2.32. The molecule has 12 heteroatoms. The van der Waals surface area contributed by atoms with Crippen LogP contribution in [0, 0.1) is 0 Å². The van der Waals surface area contributed by atoms with E-state index in [2.05, 4.69) is 20.3 Å². The number of imidazole rings is 1. The molecular weight excluding hydrogens is 424 g/mol. The van der Waals surface area contributed by atoms with E-state index in [1.165, 1.54) is 12.7 Å². The van der Waals surface area contributed by atoms with Crippen LogP contribution in [0.25, 0.3) is 11.2 Å². The van der Waals surface area contributed by atoms with E-state index in [1.54, 1.807) is 4.57 Å². The molecule has 0 aliphatic carbocycles. The van der Waals surface area contributed by atoms with Crippen LogP contribution in [0.1, 0.15) is 25.5 Å². The standard InChI is InChI=1S/C19H26N6O5S/c26-14-12(8-29-19(31)24-4-1-2-5-24)30-18(15(14)27)25-10-22-13-16(20-9-21-17(13)25)23-11-3-6-28-7-11/h9-12,14-15,18,26-27H,1-8H2,(H,20,21,23). The SMILES string of the molecule is OC1C(COC(=S)N2CCCC2)OC(n2cnc3c(NC4CCOC4)ncnc32)C1O. The number of thiocarbonyl (C=S) groups is 1. The van der Waals surface area contributed by atoms with Crippen LogP contribution in [0.4, 0.5) is 5.82 Å². The molecule has 168 valence electrons. The van der Waals surface area contributed by atoms with E-state index in [4.69, 9.17) is 26.4 Å². The van der Waals surface area contributed by atoms with E-state index in [9.17, 15) is 10.2 Å². The van der Waals surface area contributed by atoms with Crippen molar-refractivity contribution in [1.82, 2.24) is 24.4 Å². The zero-order valence-corrected chi connectivity index (χ0v) is 17.8. The van der Waals surface area contributed by atoms with Gasteiger partial charge in [-0.2, -0.15) is 0 Å². The molecule has 2 aromatic heterocycles. The van der Waals surface area contributed by atoms with Gasteiger partial charge in [-0.3, -0.25) is 4.57 Å². The van der Waals surface area contributed by atoms with Gasteiger partial charge in [0, 0.05) is 19.7 Å². The summed E-state index contributed by atoms with van der Waals surface area (Å²) in [5.74, 6) is 0.600. The van der Waals surface area contributed by atoms with E-state index in [-0.39, 0.29) is 12.6 Å². The highest BCUT2D eigenvalue weighted by Gasteiger charge is 2.45. The van der Waals surface area contributed by atoms with Crippen molar-refractivity contribution in [3.8, 4) is 0 Å². The van der Waals surface area contributed by atoms with Crippen molar-refractivity contribution in [3.05, 3.63) is 12.7 Å². The van der Waals surface area contributed by atoms with Gasteiger partial charge in [0.15, 0.2) is 23.2 Å². The number of nitrogens with zero attached hydrogens (tertiary/aromatic N) is 5. The largest absolute Gasteiger partial charge is 0.468 e. The molecule has 5 rings (SSSR count). The summed E-state index contributed by atoms with van der Waals surface area (Å²) in [6.45, 7) is 3.14. The van der Waals surface area contributed by atoms with Gasteiger partial charge in [0.1, 0.15) is 31.2 Å². The summed E-state index contributed by atoms with van der Waals surface area (Å²) >= 11 is 5.32. The van der Waals surface area contributed by atoms with Crippen LogP contribution in [-0.2, 0) is 14.2 Å². The average molecular weight is 451 g/mol. The van der Waals surface area contributed by atoms with Gasteiger partial charge in [0.2, 0.25) is 0 Å². The molecule has 0 aromatic carbocycles. The minimum atomic E-state index is -1.17. The van der Waals surface area contributed by atoms with Crippen molar-refractivity contribution in [3.63, 3.8) is 0 Å². The lowest BCUT2D eigenvalue weighted by Gasteiger charge is -2.21. The van der Waals surface area contributed by atoms with Crippen LogP contribution >= 0.6 is 12.2 Å². The van der Waals surface area contributed by atoms with Crippen LogP contribution in [0.3, 0.4) is 0 Å². The predicted octanol–water partition coefficient (Wildman–Crippen LogP) is 0.0436. The number of hydrogen-bond acceptors (Lipinski definition) is 10. The van der Waals surface area contributed by atoms with Gasteiger partial charge in [0.25, 0.3) is 5.17 Å². The van der Waals surface area contributed by atoms with Gasteiger partial charge in [-0.05, 0) is 31.5 Å².